The van der Waals surface area contributed by atoms with Crippen molar-refractivity contribution >= 4 is 32.2 Å². The molecule has 3 N–H and O–H groups in total. The van der Waals surface area contributed by atoms with Gasteiger partial charge in [-0.1, -0.05) is 11.6 Å². The Morgan fingerprint density at radius 3 is 2.67 bits per heavy atom. The second-order valence-corrected chi connectivity index (χ2v) is 10.5. The molecule has 1 aliphatic heterocycles. The van der Waals surface area contributed by atoms with Gasteiger partial charge in [0.2, 0.25) is 10.0 Å². The predicted molar refractivity (Wildman–Crippen MR) is 101 cm³/mol. The molecular weight excluding hydrogens is 417 g/mol. The molecule has 0 radical (unpaired) electrons. The Morgan fingerprint density at radius 2 is 2.07 bits per heavy atom. The van der Waals surface area contributed by atoms with Crippen LogP contribution in [-0.2, 0) is 10.0 Å². The van der Waals surface area contributed by atoms with Gasteiger partial charge in [-0.25, -0.2) is 22.5 Å². The predicted octanol–water partition coefficient (Wildman–Crippen LogP) is 3.21. The van der Waals surface area contributed by atoms with E-state index >= 15 is 0 Å². The summed E-state index contributed by atoms with van der Waals surface area (Å²) in [5.74, 6) is -0.616. The van der Waals surface area contributed by atoms with Crippen LogP contribution in [0.3, 0.4) is 0 Å². The Kier molecular flexibility index (Phi) is 5.45. The summed E-state index contributed by atoms with van der Waals surface area (Å²) in [4.78, 5) is 3.78. The van der Waals surface area contributed by atoms with E-state index < -0.39 is 32.5 Å². The molecule has 3 rings (SSSR count). The quantitative estimate of drug-likeness (QED) is 0.682. The molecule has 0 aliphatic carbocycles. The number of sulfonamides is 1. The zero-order chi connectivity index (χ0) is 19.8. The first-order valence-corrected chi connectivity index (χ1v) is 11.5. The van der Waals surface area contributed by atoms with Crippen molar-refractivity contribution in [1.82, 2.24) is 9.71 Å². The molecule has 1 atom stereocenters. The molecule has 1 fully saturated rings. The van der Waals surface area contributed by atoms with Crippen LogP contribution in [0, 0.1) is 17.1 Å². The number of nitrogens with zero attached hydrogens (tertiary/aromatic N) is 2. The van der Waals surface area contributed by atoms with Crippen LogP contribution in [0.1, 0.15) is 12.1 Å². The fourth-order valence-corrected chi connectivity index (χ4v) is 6.21. The van der Waals surface area contributed by atoms with Gasteiger partial charge < -0.3 is 0 Å². The van der Waals surface area contributed by atoms with Gasteiger partial charge in [0.15, 0.2) is 11.5 Å². The van der Waals surface area contributed by atoms with Crippen LogP contribution >= 0.6 is 22.2 Å². The highest BCUT2D eigenvalue weighted by atomic mass is 35.5. The van der Waals surface area contributed by atoms with Crippen molar-refractivity contribution in [3.8, 4) is 17.3 Å². The first-order chi connectivity index (χ1) is 12.6. The molecule has 1 unspecified atom stereocenters. The van der Waals surface area contributed by atoms with Crippen molar-refractivity contribution < 1.29 is 21.9 Å². The highest BCUT2D eigenvalue weighted by molar-refractivity contribution is 8.24. The third-order valence-electron chi connectivity index (χ3n) is 4.06. The number of hydrogen-bond donors (Lipinski definition) is 3. The molecule has 7 nitrogen and oxygen atoms in total. The van der Waals surface area contributed by atoms with Crippen molar-refractivity contribution in [2.75, 3.05) is 11.5 Å². The number of halogens is 2. The zero-order valence-corrected chi connectivity index (χ0v) is 16.2. The molecule has 1 aromatic carbocycles. The third kappa shape index (κ3) is 4.40. The minimum atomic E-state index is -3.91. The summed E-state index contributed by atoms with van der Waals surface area (Å²) in [6.07, 6.45) is 0.337. The molecule has 1 aliphatic rings. The fourth-order valence-electron chi connectivity index (χ4n) is 2.74. The first-order valence-electron chi connectivity index (χ1n) is 7.74. The summed E-state index contributed by atoms with van der Waals surface area (Å²) in [6, 6.07) is 7.46. The minimum Gasteiger partial charge on any atom is -0.299 e. The summed E-state index contributed by atoms with van der Waals surface area (Å²) in [6.45, 7) is 0. The van der Waals surface area contributed by atoms with Gasteiger partial charge in [0, 0.05) is 17.4 Å². The van der Waals surface area contributed by atoms with Gasteiger partial charge in [0.05, 0.1) is 21.4 Å². The molecule has 0 bridgehead atoms. The van der Waals surface area contributed by atoms with Crippen molar-refractivity contribution in [3.63, 3.8) is 0 Å². The number of nitrogens with one attached hydrogen (secondary N) is 1. The normalized spacial score (nSPS) is 20.2. The molecule has 2 aromatic rings. The smallest absolute Gasteiger partial charge is 0.240 e. The number of rotatable bonds is 4. The highest BCUT2D eigenvalue weighted by Crippen LogP contribution is 2.45. The highest BCUT2D eigenvalue weighted by Gasteiger charge is 2.31. The van der Waals surface area contributed by atoms with E-state index in [-0.39, 0.29) is 32.8 Å². The minimum absolute atomic E-state index is 0.0194. The monoisotopic (exact) mass is 431 g/mol. The summed E-state index contributed by atoms with van der Waals surface area (Å²) < 4.78 is 60.1. The van der Waals surface area contributed by atoms with Crippen LogP contribution in [0.25, 0.3) is 11.3 Å². The van der Waals surface area contributed by atoms with Gasteiger partial charge >= 0.3 is 0 Å². The lowest BCUT2D eigenvalue weighted by Crippen LogP contribution is -2.35. The van der Waals surface area contributed by atoms with Crippen LogP contribution in [0.5, 0.6) is 0 Å². The van der Waals surface area contributed by atoms with Crippen molar-refractivity contribution in [2.45, 2.75) is 17.4 Å². The van der Waals surface area contributed by atoms with Crippen molar-refractivity contribution in [1.29, 1.82) is 5.26 Å². The summed E-state index contributed by atoms with van der Waals surface area (Å²) >= 11 is 6.18. The van der Waals surface area contributed by atoms with Gasteiger partial charge in [-0.2, -0.15) is 15.9 Å². The van der Waals surface area contributed by atoms with Crippen molar-refractivity contribution in [2.24, 2.45) is 0 Å². The second kappa shape index (κ2) is 7.35. The molecule has 27 heavy (non-hydrogen) atoms. The second-order valence-electron chi connectivity index (χ2n) is 6.06. The Balaban J connectivity index is 1.87. The lowest BCUT2D eigenvalue weighted by atomic mass is 10.1. The Hall–Kier alpha value is -1.74. The maximum atomic E-state index is 13.4. The van der Waals surface area contributed by atoms with E-state index in [2.05, 4.69) is 9.71 Å². The Bertz CT molecular complexity index is 1040. The number of aromatic nitrogens is 1. The fraction of sp³-hybridized carbons (Fsp3) is 0.250. The number of benzene rings is 1. The van der Waals surface area contributed by atoms with Crippen LogP contribution in [0.4, 0.5) is 4.39 Å². The summed E-state index contributed by atoms with van der Waals surface area (Å²) in [5, 5.41) is 8.94. The molecule has 11 heteroatoms. The van der Waals surface area contributed by atoms with Gasteiger partial charge in [-0.15, -0.1) is 0 Å². The Labute approximate surface area is 162 Å². The number of pyridine rings is 1. The zero-order valence-electron chi connectivity index (χ0n) is 13.8. The molecule has 2 heterocycles. The third-order valence-corrected chi connectivity index (χ3v) is 7.72. The number of nitriles is 1. The molecule has 1 saturated heterocycles. The molecule has 1 aromatic heterocycles. The van der Waals surface area contributed by atoms with E-state index in [1.54, 1.807) is 6.07 Å². The topological polar surface area (TPSA) is 123 Å². The molecule has 0 saturated carbocycles. The van der Waals surface area contributed by atoms with E-state index in [0.717, 1.165) is 6.07 Å². The number of hydrogen-bond acceptors (Lipinski definition) is 6. The van der Waals surface area contributed by atoms with Crippen LogP contribution < -0.4 is 4.72 Å². The van der Waals surface area contributed by atoms with E-state index in [0.29, 0.717) is 12.0 Å². The standard InChI is InChI=1S/C16H15ClFN3O4S2/c17-13-7-11(27(24,25)21-10-5-6-26(22,23)9-10)1-2-12(13)15-4-3-14(18)16(8-19)20-15/h1-4,7,10,21-23H,5-6,9H2. The van der Waals surface area contributed by atoms with E-state index in [4.69, 9.17) is 16.9 Å². The molecular formula is C16H15ClFN3O4S2. The van der Waals surface area contributed by atoms with E-state index in [9.17, 15) is 21.9 Å². The van der Waals surface area contributed by atoms with Gasteiger partial charge in [-0.05, 0) is 36.8 Å². The van der Waals surface area contributed by atoms with Crippen molar-refractivity contribution in [3.05, 3.63) is 46.9 Å². The van der Waals surface area contributed by atoms with Crippen LogP contribution in [0.2, 0.25) is 5.02 Å². The van der Waals surface area contributed by atoms with Gasteiger partial charge in [0.1, 0.15) is 6.07 Å². The Morgan fingerprint density at radius 1 is 1.33 bits per heavy atom. The SMILES string of the molecule is N#Cc1nc(-c2ccc(S(=O)(=O)NC3CCS(O)(O)C3)cc2Cl)ccc1F. The lowest BCUT2D eigenvalue weighted by Gasteiger charge is -2.26. The molecule has 0 spiro atoms. The van der Waals surface area contributed by atoms with Crippen LogP contribution in [-0.4, -0.2) is 40.1 Å². The van der Waals surface area contributed by atoms with Gasteiger partial charge in [-0.3, -0.25) is 9.11 Å². The summed E-state index contributed by atoms with van der Waals surface area (Å²) in [5.41, 5.74) is 0.198. The maximum Gasteiger partial charge on any atom is 0.240 e. The van der Waals surface area contributed by atoms with E-state index in [1.165, 1.54) is 24.3 Å². The lowest BCUT2D eigenvalue weighted by molar-refractivity contribution is 0.494. The molecule has 0 amide bonds. The molecule has 144 valence electrons. The van der Waals surface area contributed by atoms with E-state index in [1.807, 2.05) is 0 Å². The largest absolute Gasteiger partial charge is 0.299 e. The summed E-state index contributed by atoms with van der Waals surface area (Å²) in [7, 11) is -6.64. The average molecular weight is 432 g/mol. The van der Waals surface area contributed by atoms with Gasteiger partial charge in [0.25, 0.3) is 0 Å². The first kappa shape index (κ1) is 20.0. The average Bonchev–Trinajstić information content (AvgIpc) is 2.93. The van der Waals surface area contributed by atoms with Crippen LogP contribution in [0.15, 0.2) is 35.2 Å². The maximum absolute atomic E-state index is 13.4.